The maximum atomic E-state index is 10.0. The Kier molecular flexibility index (Phi) is 4.54. The Morgan fingerprint density at radius 1 is 1.33 bits per heavy atom. The zero-order valence-electron chi connectivity index (χ0n) is 5.94. The van der Waals surface area contributed by atoms with Crippen LogP contribution in [0.5, 0.6) is 5.75 Å². The lowest BCUT2D eigenvalue weighted by molar-refractivity contribution is 0.440. The van der Waals surface area contributed by atoms with E-state index in [2.05, 4.69) is 4.18 Å². The van der Waals surface area contributed by atoms with Crippen molar-refractivity contribution in [1.29, 1.82) is 0 Å². The lowest BCUT2D eigenvalue weighted by Crippen LogP contribution is -1.97. The molecule has 0 amide bonds. The molecule has 0 spiro atoms. The fourth-order valence-corrected chi connectivity index (χ4v) is 0.941. The molecule has 0 saturated carbocycles. The number of hydrogen-bond acceptors (Lipinski definition) is 3. The van der Waals surface area contributed by atoms with Gasteiger partial charge >= 0.3 is 0 Å². The Morgan fingerprint density at radius 3 is 2.25 bits per heavy atom. The predicted molar refractivity (Wildman–Crippen MR) is 47.5 cm³/mol. The van der Waals surface area contributed by atoms with Crippen LogP contribution in [-0.2, 0) is 11.4 Å². The Balaban J connectivity index is 0.00000121. The van der Waals surface area contributed by atoms with Crippen LogP contribution in [0.15, 0.2) is 24.3 Å². The molecule has 1 aromatic rings. The second-order valence-electron chi connectivity index (χ2n) is 2.10. The first-order valence-electron chi connectivity index (χ1n) is 3.03. The van der Waals surface area contributed by atoms with E-state index in [1.807, 2.05) is 6.92 Å². The van der Waals surface area contributed by atoms with E-state index in [-0.39, 0.29) is 7.43 Å². The lowest BCUT2D eigenvalue weighted by atomic mass is 10.2. The minimum atomic E-state index is -2.47. The smallest absolute Gasteiger partial charge is 0.139 e. The third-order valence-corrected chi connectivity index (χ3v) is 1.51. The van der Waals surface area contributed by atoms with E-state index >= 15 is 0 Å². The molecule has 0 heterocycles. The Morgan fingerprint density at radius 2 is 1.83 bits per heavy atom. The molecule has 1 unspecified atom stereocenters. The van der Waals surface area contributed by atoms with Crippen molar-refractivity contribution in [1.82, 2.24) is 0 Å². The number of rotatable bonds is 2. The Labute approximate surface area is 74.9 Å². The molecule has 68 valence electrons. The molecule has 4 heteroatoms. The fraction of sp³-hybridized carbons (Fsp3) is 0.250. The van der Waals surface area contributed by atoms with Gasteiger partial charge in [-0.15, -0.1) is 0 Å². The van der Waals surface area contributed by atoms with Gasteiger partial charge in [0.25, 0.3) is 0 Å². The average molecular weight is 187 g/mol. The van der Waals surface area contributed by atoms with E-state index in [4.69, 9.17) is 0 Å². The lowest BCUT2D eigenvalue weighted by Gasteiger charge is -2.06. The van der Waals surface area contributed by atoms with Crippen molar-refractivity contribution in [3.8, 4) is 5.75 Å². The van der Waals surface area contributed by atoms with Crippen LogP contribution >= 0.6 is 0 Å². The summed E-state index contributed by atoms with van der Waals surface area (Å²) >= 11 is -2.47. The molecule has 12 heavy (non-hydrogen) atoms. The number of hydrogen-bond donors (Lipinski definition) is 0. The maximum absolute atomic E-state index is 10.0. The molecule has 0 aliphatic rings. The summed E-state index contributed by atoms with van der Waals surface area (Å²) in [4.78, 5) is 0. The van der Waals surface area contributed by atoms with Crippen LogP contribution in [0.3, 0.4) is 0 Å². The van der Waals surface area contributed by atoms with Crippen molar-refractivity contribution < 1.29 is 12.9 Å². The van der Waals surface area contributed by atoms with Gasteiger partial charge in [0, 0.05) is 0 Å². The molecule has 0 fully saturated rings. The van der Waals surface area contributed by atoms with Crippen molar-refractivity contribution in [2.45, 2.75) is 14.4 Å². The van der Waals surface area contributed by atoms with Gasteiger partial charge in [0.15, 0.2) is 0 Å². The van der Waals surface area contributed by atoms with Crippen LogP contribution in [0.1, 0.15) is 13.0 Å². The third kappa shape index (κ3) is 3.50. The summed E-state index contributed by atoms with van der Waals surface area (Å²) in [6.45, 7) is 1.91. The van der Waals surface area contributed by atoms with Crippen LogP contribution in [0.2, 0.25) is 0 Å². The quantitative estimate of drug-likeness (QED) is 0.663. The first-order chi connectivity index (χ1) is 5.18. The summed E-state index contributed by atoms with van der Waals surface area (Å²) in [5, 5.41) is 0. The minimum Gasteiger partial charge on any atom is -0.740 e. The zero-order chi connectivity index (χ0) is 8.27. The van der Waals surface area contributed by atoms with Gasteiger partial charge in [-0.05, 0) is 19.1 Å². The second kappa shape index (κ2) is 4.90. The van der Waals surface area contributed by atoms with Gasteiger partial charge in [-0.3, -0.25) is 0 Å². The van der Waals surface area contributed by atoms with Crippen molar-refractivity contribution >= 4 is 11.4 Å². The Bertz CT molecular complexity index is 256. The van der Waals surface area contributed by atoms with E-state index in [9.17, 15) is 8.76 Å². The highest BCUT2D eigenvalue weighted by Crippen LogP contribution is 2.11. The van der Waals surface area contributed by atoms with Crippen molar-refractivity contribution in [3.63, 3.8) is 0 Å². The molecule has 1 aromatic carbocycles. The molecular formula is C8H11O3S-. The van der Waals surface area contributed by atoms with E-state index < -0.39 is 11.4 Å². The van der Waals surface area contributed by atoms with Gasteiger partial charge in [0.05, 0.1) is 0 Å². The molecule has 0 aliphatic carbocycles. The van der Waals surface area contributed by atoms with Crippen molar-refractivity contribution in [2.24, 2.45) is 0 Å². The first-order valence-corrected chi connectivity index (χ1v) is 4.03. The van der Waals surface area contributed by atoms with Gasteiger partial charge < -0.3 is 8.74 Å². The number of aryl methyl sites for hydroxylation is 1. The molecule has 0 bridgehead atoms. The summed E-state index contributed by atoms with van der Waals surface area (Å²) in [6.07, 6.45) is 0. The summed E-state index contributed by atoms with van der Waals surface area (Å²) < 4.78 is 24.4. The minimum absolute atomic E-state index is 0. The predicted octanol–water partition coefficient (Wildman–Crippen LogP) is 1.80. The monoisotopic (exact) mass is 187 g/mol. The van der Waals surface area contributed by atoms with Crippen molar-refractivity contribution in [2.75, 3.05) is 0 Å². The summed E-state index contributed by atoms with van der Waals surface area (Å²) in [7, 11) is 0. The highest BCUT2D eigenvalue weighted by Gasteiger charge is 1.90. The summed E-state index contributed by atoms with van der Waals surface area (Å²) in [5.41, 5.74) is 1.06. The van der Waals surface area contributed by atoms with E-state index in [0.717, 1.165) is 5.56 Å². The van der Waals surface area contributed by atoms with Gasteiger partial charge in [-0.25, -0.2) is 4.21 Å². The van der Waals surface area contributed by atoms with Gasteiger partial charge in [-0.1, -0.05) is 25.1 Å². The molecule has 3 nitrogen and oxygen atoms in total. The highest BCUT2D eigenvalue weighted by atomic mass is 32.2. The topological polar surface area (TPSA) is 49.4 Å². The molecule has 0 N–H and O–H groups in total. The standard InChI is InChI=1S/C7H8O3S.CH4/c1-6-2-4-7(5-3-6)10-11(8)9;/h2-5H,1H3,(H,8,9);1H4/p-1. The fourth-order valence-electron chi connectivity index (χ4n) is 0.672. The van der Waals surface area contributed by atoms with E-state index in [0.29, 0.717) is 5.75 Å². The highest BCUT2D eigenvalue weighted by molar-refractivity contribution is 7.74. The summed E-state index contributed by atoms with van der Waals surface area (Å²) in [6, 6.07) is 6.76. The van der Waals surface area contributed by atoms with Crippen molar-refractivity contribution in [3.05, 3.63) is 29.8 Å². The average Bonchev–Trinajstić information content (AvgIpc) is 1.93. The number of benzene rings is 1. The van der Waals surface area contributed by atoms with Crippen LogP contribution < -0.4 is 4.18 Å². The third-order valence-electron chi connectivity index (χ3n) is 1.19. The van der Waals surface area contributed by atoms with Gasteiger partial charge in [0.2, 0.25) is 0 Å². The van der Waals surface area contributed by atoms with Crippen LogP contribution in [0.25, 0.3) is 0 Å². The van der Waals surface area contributed by atoms with Crippen LogP contribution in [-0.4, -0.2) is 8.76 Å². The molecule has 0 aromatic heterocycles. The van der Waals surface area contributed by atoms with Crippen LogP contribution in [0, 0.1) is 6.92 Å². The van der Waals surface area contributed by atoms with E-state index in [1.165, 1.54) is 0 Å². The summed E-state index contributed by atoms with van der Waals surface area (Å²) in [5.74, 6) is 0.337. The molecule has 0 saturated heterocycles. The molecular weight excluding hydrogens is 176 g/mol. The molecule has 1 rings (SSSR count). The normalized spacial score (nSPS) is 11.5. The van der Waals surface area contributed by atoms with Crippen LogP contribution in [0.4, 0.5) is 0 Å². The molecule has 0 radical (unpaired) electrons. The largest absolute Gasteiger partial charge is 0.740 e. The van der Waals surface area contributed by atoms with Gasteiger partial charge in [-0.2, -0.15) is 0 Å². The Hall–Kier alpha value is -0.870. The van der Waals surface area contributed by atoms with Gasteiger partial charge in [0.1, 0.15) is 17.1 Å². The SMILES string of the molecule is C.Cc1ccc(OS(=O)[O-])cc1. The maximum Gasteiger partial charge on any atom is 0.139 e. The second-order valence-corrected chi connectivity index (χ2v) is 2.68. The zero-order valence-corrected chi connectivity index (χ0v) is 6.76. The molecule has 1 atom stereocenters. The first kappa shape index (κ1) is 11.1. The molecule has 0 aliphatic heterocycles. The van der Waals surface area contributed by atoms with E-state index in [1.54, 1.807) is 24.3 Å².